The van der Waals surface area contributed by atoms with E-state index in [1.807, 2.05) is 33.8 Å². The molecule has 4 rings (SSSR count). The summed E-state index contributed by atoms with van der Waals surface area (Å²) >= 11 is 5.03. The van der Waals surface area contributed by atoms with Gasteiger partial charge in [0.1, 0.15) is 10.3 Å². The number of aromatic nitrogens is 3. The first-order valence-corrected chi connectivity index (χ1v) is 11.0. The molecule has 0 radical (unpaired) electrons. The molecule has 1 saturated heterocycles. The summed E-state index contributed by atoms with van der Waals surface area (Å²) < 4.78 is 26.7. The molecule has 2 atom stereocenters. The number of ether oxygens (including phenoxy) is 1. The summed E-state index contributed by atoms with van der Waals surface area (Å²) in [5.41, 5.74) is 2.55. The van der Waals surface area contributed by atoms with Crippen LogP contribution in [0, 0.1) is 0 Å². The Morgan fingerprint density at radius 2 is 2.00 bits per heavy atom. The van der Waals surface area contributed by atoms with Crippen LogP contribution in [0.4, 0.5) is 5.82 Å². The van der Waals surface area contributed by atoms with Crippen molar-refractivity contribution < 1.29 is 13.7 Å². The molecule has 8 nitrogen and oxygen atoms in total. The number of rotatable bonds is 4. The zero-order valence-electron chi connectivity index (χ0n) is 16.9. The van der Waals surface area contributed by atoms with E-state index in [-0.39, 0.29) is 16.1 Å². The molecule has 156 valence electrons. The summed E-state index contributed by atoms with van der Waals surface area (Å²) in [5, 5.41) is 0.915. The quantitative estimate of drug-likeness (QED) is 0.489. The predicted molar refractivity (Wildman–Crippen MR) is 115 cm³/mol. The molecule has 3 aromatic rings. The number of hydrogen-bond acceptors (Lipinski definition) is 8. The summed E-state index contributed by atoms with van der Waals surface area (Å²) in [4.78, 5) is 15.3. The molecular weight excluding hydrogens is 414 g/mol. The highest BCUT2D eigenvalue weighted by molar-refractivity contribution is 7.90. The second-order valence-corrected chi connectivity index (χ2v) is 10.4. The van der Waals surface area contributed by atoms with Crippen LogP contribution >= 0.6 is 11.6 Å². The molecule has 0 bridgehead atoms. The highest BCUT2D eigenvalue weighted by Crippen LogP contribution is 2.34. The number of fused-ring (bicyclic) bond motifs is 3. The molecule has 0 aromatic carbocycles. The summed E-state index contributed by atoms with van der Waals surface area (Å²) in [7, 11) is 0. The van der Waals surface area contributed by atoms with E-state index in [0.29, 0.717) is 48.9 Å². The van der Waals surface area contributed by atoms with E-state index >= 15 is 0 Å². The number of hydrogen-bond donors (Lipinski definition) is 1. The van der Waals surface area contributed by atoms with E-state index in [9.17, 15) is 4.55 Å². The smallest absolute Gasteiger partial charge is 0.229 e. The first-order valence-electron chi connectivity index (χ1n) is 9.50. The third-order valence-electron chi connectivity index (χ3n) is 4.80. The van der Waals surface area contributed by atoms with Crippen LogP contribution in [0.1, 0.15) is 39.3 Å². The van der Waals surface area contributed by atoms with Crippen molar-refractivity contribution in [2.75, 3.05) is 31.2 Å². The fourth-order valence-electron chi connectivity index (χ4n) is 3.14. The van der Waals surface area contributed by atoms with Crippen LogP contribution in [-0.2, 0) is 16.1 Å². The lowest BCUT2D eigenvalue weighted by Gasteiger charge is -2.27. The van der Waals surface area contributed by atoms with Crippen molar-refractivity contribution in [1.29, 1.82) is 0 Å². The molecule has 10 heteroatoms. The minimum atomic E-state index is -1.20. The van der Waals surface area contributed by atoms with Crippen LogP contribution in [-0.4, -0.2) is 50.6 Å². The van der Waals surface area contributed by atoms with Gasteiger partial charge >= 0.3 is 0 Å². The lowest BCUT2D eigenvalue weighted by Crippen LogP contribution is -2.40. The molecule has 1 aliphatic rings. The fraction of sp³-hybridized carbons (Fsp3) is 0.526. The minimum Gasteiger partial charge on any atom is -0.598 e. The average molecular weight is 438 g/mol. The van der Waals surface area contributed by atoms with E-state index in [1.54, 1.807) is 6.20 Å². The van der Waals surface area contributed by atoms with Gasteiger partial charge in [-0.3, -0.25) is 0 Å². The molecule has 0 amide bonds. The van der Waals surface area contributed by atoms with Crippen LogP contribution in [0.5, 0.6) is 0 Å². The zero-order valence-corrected chi connectivity index (χ0v) is 18.4. The molecule has 1 fully saturated rings. The van der Waals surface area contributed by atoms with Crippen molar-refractivity contribution in [3.05, 3.63) is 23.1 Å². The van der Waals surface area contributed by atoms with Crippen LogP contribution in [0.2, 0.25) is 5.28 Å². The second-order valence-electron chi connectivity index (χ2n) is 8.04. The molecule has 3 aromatic heterocycles. The second kappa shape index (κ2) is 7.88. The number of furan rings is 1. The molecule has 0 spiro atoms. The number of morpholine rings is 1. The van der Waals surface area contributed by atoms with E-state index in [1.165, 1.54) is 0 Å². The maximum Gasteiger partial charge on any atom is 0.229 e. The van der Waals surface area contributed by atoms with Gasteiger partial charge < -0.3 is 18.6 Å². The Hall–Kier alpha value is -1.65. The largest absolute Gasteiger partial charge is 0.598 e. The Morgan fingerprint density at radius 1 is 1.28 bits per heavy atom. The molecular formula is C19H24ClN5O3S. The third-order valence-corrected chi connectivity index (χ3v) is 6.65. The van der Waals surface area contributed by atoms with Crippen molar-refractivity contribution >= 4 is 51.0 Å². The first kappa shape index (κ1) is 20.6. The third kappa shape index (κ3) is 4.15. The first-order chi connectivity index (χ1) is 13.7. The molecule has 1 aliphatic heterocycles. The van der Waals surface area contributed by atoms with Gasteiger partial charge in [0.05, 0.1) is 24.6 Å². The monoisotopic (exact) mass is 437 g/mol. The number of halogens is 1. The molecule has 1 N–H and O–H groups in total. The zero-order chi connectivity index (χ0) is 20.8. The Balaban J connectivity index is 1.75. The molecule has 4 heterocycles. The van der Waals surface area contributed by atoms with Crippen molar-refractivity contribution in [3.63, 3.8) is 0 Å². The van der Waals surface area contributed by atoms with Gasteiger partial charge in [0.25, 0.3) is 0 Å². The van der Waals surface area contributed by atoms with Crippen LogP contribution in [0.25, 0.3) is 22.2 Å². The van der Waals surface area contributed by atoms with Gasteiger partial charge in [-0.1, -0.05) is 0 Å². The highest BCUT2D eigenvalue weighted by Gasteiger charge is 2.29. The normalized spacial score (nSPS) is 17.8. The summed E-state index contributed by atoms with van der Waals surface area (Å²) in [6.45, 7) is 10.4. The Morgan fingerprint density at radius 3 is 2.69 bits per heavy atom. The van der Waals surface area contributed by atoms with Gasteiger partial charge in [-0.05, 0) is 50.9 Å². The van der Waals surface area contributed by atoms with E-state index in [2.05, 4.69) is 24.6 Å². The standard InChI is InChI=1S/C19H24ClN5O3S/c1-11(24-29(26)19(2,3)4)12-9-13-14-15(28-17(13)21-10-12)16(23-18(20)22-14)25-5-7-27-8-6-25/h9-11,24H,5-8H2,1-4H3/t11?,29-/m0/s1. The van der Waals surface area contributed by atoms with Crippen molar-refractivity contribution in [3.8, 4) is 0 Å². The van der Waals surface area contributed by atoms with Gasteiger partial charge in [-0.2, -0.15) is 4.98 Å². The van der Waals surface area contributed by atoms with Gasteiger partial charge in [-0.15, -0.1) is 4.72 Å². The van der Waals surface area contributed by atoms with E-state index in [0.717, 1.165) is 10.9 Å². The van der Waals surface area contributed by atoms with Crippen LogP contribution < -0.4 is 9.62 Å². The molecule has 29 heavy (non-hydrogen) atoms. The predicted octanol–water partition coefficient (Wildman–Crippen LogP) is 3.37. The summed E-state index contributed by atoms with van der Waals surface area (Å²) in [5.74, 6) is 0.655. The Labute approximate surface area is 177 Å². The number of nitrogens with one attached hydrogen (secondary N) is 1. The number of pyridine rings is 1. The lowest BCUT2D eigenvalue weighted by atomic mass is 10.1. The molecule has 0 aliphatic carbocycles. The van der Waals surface area contributed by atoms with Crippen molar-refractivity contribution in [2.45, 2.75) is 38.5 Å². The summed E-state index contributed by atoms with van der Waals surface area (Å²) in [6, 6.07) is 1.80. The molecule has 1 unspecified atom stereocenters. The maximum absolute atomic E-state index is 12.4. The minimum absolute atomic E-state index is 0.159. The Kier molecular flexibility index (Phi) is 5.60. The van der Waals surface area contributed by atoms with Gasteiger partial charge in [0.2, 0.25) is 11.0 Å². The topological polar surface area (TPSA) is 99.4 Å². The maximum atomic E-state index is 12.4. The van der Waals surface area contributed by atoms with Gasteiger partial charge in [-0.25, -0.2) is 9.97 Å². The van der Waals surface area contributed by atoms with Crippen LogP contribution in [0.15, 0.2) is 16.7 Å². The molecule has 0 saturated carbocycles. The number of anilines is 1. The van der Waals surface area contributed by atoms with Gasteiger partial charge in [0.15, 0.2) is 11.4 Å². The SMILES string of the molecule is CC(N[S@@+]([O-])C(C)(C)C)c1cnc2oc3c(N4CCOCC4)nc(Cl)nc3c2c1. The highest BCUT2D eigenvalue weighted by atomic mass is 35.5. The van der Waals surface area contributed by atoms with Gasteiger partial charge in [0, 0.05) is 30.6 Å². The summed E-state index contributed by atoms with van der Waals surface area (Å²) in [6.07, 6.45) is 1.73. The fourth-order valence-corrected chi connectivity index (χ4v) is 4.11. The van der Waals surface area contributed by atoms with Crippen molar-refractivity contribution in [2.24, 2.45) is 0 Å². The van der Waals surface area contributed by atoms with Crippen LogP contribution in [0.3, 0.4) is 0 Å². The lowest BCUT2D eigenvalue weighted by molar-refractivity contribution is 0.122. The Bertz CT molecular complexity index is 1030. The van der Waals surface area contributed by atoms with Crippen molar-refractivity contribution in [1.82, 2.24) is 19.7 Å². The van der Waals surface area contributed by atoms with E-state index in [4.69, 9.17) is 20.8 Å². The average Bonchev–Trinajstić information content (AvgIpc) is 3.05. The van der Waals surface area contributed by atoms with E-state index < -0.39 is 11.4 Å². The number of nitrogens with zero attached hydrogens (tertiary/aromatic N) is 4.